The lowest BCUT2D eigenvalue weighted by Crippen LogP contribution is -2.03. The van der Waals surface area contributed by atoms with E-state index in [1.165, 1.54) is 38.4 Å². The molecule has 0 aliphatic carbocycles. The van der Waals surface area contributed by atoms with E-state index in [4.69, 9.17) is 0 Å². The van der Waals surface area contributed by atoms with Gasteiger partial charge in [0.05, 0.1) is 12.7 Å². The third kappa shape index (κ3) is 5.00. The van der Waals surface area contributed by atoms with Crippen LogP contribution < -0.4 is 0 Å². The van der Waals surface area contributed by atoms with Crippen molar-refractivity contribution in [3.8, 4) is 0 Å². The lowest BCUT2D eigenvalue weighted by molar-refractivity contribution is -0.216. The molecule has 0 N–H and O–H groups in total. The fourth-order valence-electron chi connectivity index (χ4n) is 1.69. The zero-order valence-corrected chi connectivity index (χ0v) is 10.6. The predicted octanol–water partition coefficient (Wildman–Crippen LogP) is 3.53. The van der Waals surface area contributed by atoms with Gasteiger partial charge in [0.15, 0.2) is 0 Å². The van der Waals surface area contributed by atoms with Gasteiger partial charge in [-0.2, -0.15) is 4.89 Å². The number of carbonyl (C=O) groups is 1. The van der Waals surface area contributed by atoms with Gasteiger partial charge in [-0.05, 0) is 30.5 Å². The molecule has 1 rings (SSSR count). The quantitative estimate of drug-likeness (QED) is 0.413. The van der Waals surface area contributed by atoms with Gasteiger partial charge in [0.25, 0.3) is 0 Å². The summed E-state index contributed by atoms with van der Waals surface area (Å²) in [7, 11) is 1.32. The highest BCUT2D eigenvalue weighted by atomic mass is 17.2. The monoisotopic (exact) mass is 236 g/mol. The van der Waals surface area contributed by atoms with Gasteiger partial charge in [-0.25, -0.2) is 4.79 Å². The maximum absolute atomic E-state index is 11.3. The Bertz CT molecular complexity index is 330. The first kappa shape index (κ1) is 13.7. The zero-order valence-electron chi connectivity index (χ0n) is 10.6. The standard InChI is InChI=1S/C14H20O3/c1-3-4-5-6-7-12-8-10-13(11-9-12)14(15)17-16-2/h8-11H,3-7H2,1-2H3. The summed E-state index contributed by atoms with van der Waals surface area (Å²) in [5, 5.41) is 0. The van der Waals surface area contributed by atoms with Crippen LogP contribution in [-0.4, -0.2) is 13.1 Å². The van der Waals surface area contributed by atoms with Crippen LogP contribution in [0.25, 0.3) is 0 Å². The van der Waals surface area contributed by atoms with Gasteiger partial charge in [0.2, 0.25) is 0 Å². The number of aryl methyl sites for hydroxylation is 1. The summed E-state index contributed by atoms with van der Waals surface area (Å²) < 4.78 is 0. The average Bonchev–Trinajstić information content (AvgIpc) is 2.36. The van der Waals surface area contributed by atoms with Gasteiger partial charge in [-0.15, -0.1) is 0 Å². The molecule has 94 valence electrons. The largest absolute Gasteiger partial charge is 0.373 e. The fraction of sp³-hybridized carbons (Fsp3) is 0.500. The highest BCUT2D eigenvalue weighted by Gasteiger charge is 2.06. The van der Waals surface area contributed by atoms with Crippen LogP contribution >= 0.6 is 0 Å². The van der Waals surface area contributed by atoms with E-state index in [0.717, 1.165) is 6.42 Å². The van der Waals surface area contributed by atoms with Gasteiger partial charge in [-0.1, -0.05) is 38.3 Å². The summed E-state index contributed by atoms with van der Waals surface area (Å²) in [4.78, 5) is 20.1. The molecule has 0 aliphatic heterocycles. The number of carbonyl (C=O) groups excluding carboxylic acids is 1. The lowest BCUT2D eigenvalue weighted by atomic mass is 10.0. The lowest BCUT2D eigenvalue weighted by Gasteiger charge is -2.03. The van der Waals surface area contributed by atoms with Crippen molar-refractivity contribution in [3.05, 3.63) is 35.4 Å². The Morgan fingerprint density at radius 3 is 2.41 bits per heavy atom. The molecule has 1 aromatic carbocycles. The molecule has 0 heterocycles. The van der Waals surface area contributed by atoms with Gasteiger partial charge in [0, 0.05) is 0 Å². The average molecular weight is 236 g/mol. The Balaban J connectivity index is 2.42. The van der Waals surface area contributed by atoms with Crippen molar-refractivity contribution >= 4 is 5.97 Å². The normalized spacial score (nSPS) is 10.2. The number of rotatable bonds is 7. The summed E-state index contributed by atoms with van der Waals surface area (Å²) in [5.41, 5.74) is 1.78. The molecule has 3 heteroatoms. The Morgan fingerprint density at radius 2 is 1.82 bits per heavy atom. The number of benzene rings is 1. The van der Waals surface area contributed by atoms with E-state index >= 15 is 0 Å². The maximum atomic E-state index is 11.3. The van der Waals surface area contributed by atoms with Crippen LogP contribution in [0.3, 0.4) is 0 Å². The second-order valence-electron chi connectivity index (χ2n) is 4.05. The predicted molar refractivity (Wildman–Crippen MR) is 66.7 cm³/mol. The molecule has 0 spiro atoms. The Kier molecular flexibility index (Phi) is 6.33. The van der Waals surface area contributed by atoms with E-state index in [1.807, 2.05) is 12.1 Å². The van der Waals surface area contributed by atoms with Gasteiger partial charge in [-0.3, -0.25) is 4.89 Å². The van der Waals surface area contributed by atoms with Crippen molar-refractivity contribution in [2.75, 3.05) is 7.11 Å². The number of hydrogen-bond acceptors (Lipinski definition) is 3. The van der Waals surface area contributed by atoms with Crippen molar-refractivity contribution in [1.29, 1.82) is 0 Å². The molecule has 0 aromatic heterocycles. The second kappa shape index (κ2) is 7.85. The van der Waals surface area contributed by atoms with Crippen molar-refractivity contribution in [2.45, 2.75) is 39.0 Å². The summed E-state index contributed by atoms with van der Waals surface area (Å²) in [5.74, 6) is -0.454. The van der Waals surface area contributed by atoms with Gasteiger partial charge < -0.3 is 0 Å². The zero-order chi connectivity index (χ0) is 12.5. The highest BCUT2D eigenvalue weighted by Crippen LogP contribution is 2.10. The summed E-state index contributed by atoms with van der Waals surface area (Å²) in [6.45, 7) is 2.20. The SMILES string of the molecule is CCCCCCc1ccc(C(=O)OOC)cc1. The molecule has 0 atom stereocenters. The summed E-state index contributed by atoms with van der Waals surface area (Å²) >= 11 is 0. The summed E-state index contributed by atoms with van der Waals surface area (Å²) in [6.07, 6.45) is 6.08. The molecule has 0 bridgehead atoms. The number of hydrogen-bond donors (Lipinski definition) is 0. The van der Waals surface area contributed by atoms with E-state index in [-0.39, 0.29) is 0 Å². The third-order valence-electron chi connectivity index (χ3n) is 2.67. The smallest absolute Gasteiger partial charge is 0.293 e. The summed E-state index contributed by atoms with van der Waals surface area (Å²) in [6, 6.07) is 7.49. The van der Waals surface area contributed by atoms with Crippen LogP contribution in [0.2, 0.25) is 0 Å². The molecule has 0 radical (unpaired) electrons. The van der Waals surface area contributed by atoms with Crippen molar-refractivity contribution in [3.63, 3.8) is 0 Å². The van der Waals surface area contributed by atoms with E-state index in [0.29, 0.717) is 5.56 Å². The minimum Gasteiger partial charge on any atom is -0.293 e. The van der Waals surface area contributed by atoms with E-state index < -0.39 is 5.97 Å². The molecular formula is C14H20O3. The van der Waals surface area contributed by atoms with Crippen LogP contribution in [0.1, 0.15) is 48.5 Å². The van der Waals surface area contributed by atoms with Crippen LogP contribution in [0.15, 0.2) is 24.3 Å². The van der Waals surface area contributed by atoms with Crippen LogP contribution in [0, 0.1) is 0 Å². The third-order valence-corrected chi connectivity index (χ3v) is 2.67. The molecule has 0 saturated carbocycles. The Morgan fingerprint density at radius 1 is 1.12 bits per heavy atom. The topological polar surface area (TPSA) is 35.5 Å². The molecule has 0 aliphatic rings. The molecule has 0 saturated heterocycles. The molecule has 3 nitrogen and oxygen atoms in total. The molecule has 1 aromatic rings. The molecule has 0 amide bonds. The first-order valence-electron chi connectivity index (χ1n) is 6.12. The fourth-order valence-corrected chi connectivity index (χ4v) is 1.69. The Labute approximate surface area is 103 Å². The van der Waals surface area contributed by atoms with Crippen LogP contribution in [-0.2, 0) is 16.2 Å². The van der Waals surface area contributed by atoms with Crippen molar-refractivity contribution in [2.24, 2.45) is 0 Å². The van der Waals surface area contributed by atoms with E-state index in [9.17, 15) is 4.79 Å². The first-order valence-corrected chi connectivity index (χ1v) is 6.12. The molecular weight excluding hydrogens is 216 g/mol. The van der Waals surface area contributed by atoms with E-state index in [2.05, 4.69) is 16.7 Å². The Hall–Kier alpha value is -1.35. The highest BCUT2D eigenvalue weighted by molar-refractivity contribution is 5.88. The van der Waals surface area contributed by atoms with Gasteiger partial charge >= 0.3 is 5.97 Å². The molecule has 0 fully saturated rings. The van der Waals surface area contributed by atoms with Crippen LogP contribution in [0.5, 0.6) is 0 Å². The van der Waals surface area contributed by atoms with Gasteiger partial charge in [0.1, 0.15) is 0 Å². The van der Waals surface area contributed by atoms with Crippen molar-refractivity contribution in [1.82, 2.24) is 0 Å². The molecule has 0 unspecified atom stereocenters. The van der Waals surface area contributed by atoms with E-state index in [1.54, 1.807) is 12.1 Å². The van der Waals surface area contributed by atoms with Crippen LogP contribution in [0.4, 0.5) is 0 Å². The first-order chi connectivity index (χ1) is 8.27. The van der Waals surface area contributed by atoms with Crippen molar-refractivity contribution < 1.29 is 14.6 Å². The number of unbranched alkanes of at least 4 members (excludes halogenated alkanes) is 3. The molecule has 17 heavy (non-hydrogen) atoms. The minimum atomic E-state index is -0.454. The minimum absolute atomic E-state index is 0.454. The maximum Gasteiger partial charge on any atom is 0.373 e. The second-order valence-corrected chi connectivity index (χ2v) is 4.05.